The fourth-order valence-corrected chi connectivity index (χ4v) is 1.49. The Morgan fingerprint density at radius 3 is 2.71 bits per heavy atom. The van der Waals surface area contributed by atoms with Crippen molar-refractivity contribution in [2.45, 2.75) is 19.3 Å². The number of hydrogen-bond acceptors (Lipinski definition) is 4. The molecule has 6 heteroatoms. The molecule has 1 atom stereocenters. The van der Waals surface area contributed by atoms with Crippen LogP contribution in [0.25, 0.3) is 0 Å². The molecule has 0 spiro atoms. The van der Waals surface area contributed by atoms with Gasteiger partial charge in [0.15, 0.2) is 6.61 Å². The van der Waals surface area contributed by atoms with Crippen LogP contribution in [0.2, 0.25) is 0 Å². The highest BCUT2D eigenvalue weighted by Crippen LogP contribution is 2.19. The van der Waals surface area contributed by atoms with Crippen LogP contribution in [0.3, 0.4) is 0 Å². The lowest BCUT2D eigenvalue weighted by Gasteiger charge is -2.15. The predicted octanol–water partition coefficient (Wildman–Crippen LogP) is 0.341. The van der Waals surface area contributed by atoms with E-state index in [-0.39, 0.29) is 11.9 Å². The topological polar surface area (TPSA) is 84.5 Å². The maximum Gasteiger partial charge on any atom is 0.321 e. The van der Waals surface area contributed by atoms with Crippen molar-refractivity contribution in [2.24, 2.45) is 5.92 Å². The van der Waals surface area contributed by atoms with Gasteiger partial charge in [0.2, 0.25) is 0 Å². The molecule has 0 saturated carbocycles. The van der Waals surface area contributed by atoms with E-state index in [2.05, 4.69) is 5.32 Å². The van der Waals surface area contributed by atoms with Crippen molar-refractivity contribution >= 4 is 17.9 Å². The summed E-state index contributed by atoms with van der Waals surface area (Å²) in [5, 5.41) is 4.23. The quantitative estimate of drug-likeness (QED) is 0.550. The van der Waals surface area contributed by atoms with Crippen LogP contribution in [0, 0.1) is 5.92 Å². The molecule has 1 rings (SSSR count). The summed E-state index contributed by atoms with van der Waals surface area (Å²) < 4.78 is 4.82. The molecule has 94 valence electrons. The summed E-state index contributed by atoms with van der Waals surface area (Å²) in [6, 6.07) is -0.619. The number of urea groups is 1. The number of carbonyl (C=O) groups is 3. The number of hydrogen-bond donors (Lipinski definition) is 2. The van der Waals surface area contributed by atoms with E-state index in [9.17, 15) is 14.4 Å². The lowest BCUT2D eigenvalue weighted by molar-refractivity contribution is -0.152. The van der Waals surface area contributed by atoms with Gasteiger partial charge in [-0.1, -0.05) is 12.2 Å². The molecular formula is C11H16N2O4. The van der Waals surface area contributed by atoms with Gasteiger partial charge >= 0.3 is 12.0 Å². The van der Waals surface area contributed by atoms with Gasteiger partial charge in [-0.25, -0.2) is 4.79 Å². The molecule has 0 aromatic heterocycles. The number of allylic oxidation sites excluding steroid dienone is 2. The number of carbonyl (C=O) groups excluding carboxylic acids is 3. The minimum atomic E-state index is -0.635. The third-order valence-corrected chi connectivity index (χ3v) is 2.43. The lowest BCUT2D eigenvalue weighted by atomic mass is 9.95. The summed E-state index contributed by atoms with van der Waals surface area (Å²) in [7, 11) is 1.39. The van der Waals surface area contributed by atoms with Crippen molar-refractivity contribution in [3.63, 3.8) is 0 Å². The molecule has 0 aliphatic heterocycles. The highest BCUT2D eigenvalue weighted by molar-refractivity contribution is 5.95. The van der Waals surface area contributed by atoms with E-state index in [1.807, 2.05) is 17.5 Å². The van der Waals surface area contributed by atoms with Gasteiger partial charge in [0, 0.05) is 7.05 Å². The second-order valence-corrected chi connectivity index (χ2v) is 3.72. The molecule has 2 N–H and O–H groups in total. The Balaban J connectivity index is 2.25. The third kappa shape index (κ3) is 4.67. The predicted molar refractivity (Wildman–Crippen MR) is 60.0 cm³/mol. The summed E-state index contributed by atoms with van der Waals surface area (Å²) in [6.45, 7) is -0.424. The van der Waals surface area contributed by atoms with Gasteiger partial charge in [0.25, 0.3) is 5.91 Å². The lowest BCUT2D eigenvalue weighted by Crippen LogP contribution is -2.40. The van der Waals surface area contributed by atoms with Gasteiger partial charge in [-0.2, -0.15) is 0 Å². The third-order valence-electron chi connectivity index (χ3n) is 2.43. The fraction of sp³-hybridized carbons (Fsp3) is 0.545. The zero-order valence-electron chi connectivity index (χ0n) is 9.69. The summed E-state index contributed by atoms with van der Waals surface area (Å²) >= 11 is 0. The maximum absolute atomic E-state index is 11.5. The second kappa shape index (κ2) is 6.67. The van der Waals surface area contributed by atoms with E-state index in [0.717, 1.165) is 12.8 Å². The number of imide groups is 1. The van der Waals surface area contributed by atoms with Crippen molar-refractivity contribution in [3.05, 3.63) is 12.2 Å². The molecular weight excluding hydrogens is 224 g/mol. The van der Waals surface area contributed by atoms with Crippen molar-refractivity contribution < 1.29 is 19.1 Å². The van der Waals surface area contributed by atoms with Crippen LogP contribution < -0.4 is 10.6 Å². The first kappa shape index (κ1) is 13.2. The summed E-state index contributed by atoms with van der Waals surface area (Å²) in [4.78, 5) is 33.4. The number of amides is 3. The van der Waals surface area contributed by atoms with Crippen molar-refractivity contribution in [1.29, 1.82) is 0 Å². The first-order chi connectivity index (χ1) is 8.13. The molecule has 6 nitrogen and oxygen atoms in total. The molecule has 0 radical (unpaired) electrons. The molecule has 17 heavy (non-hydrogen) atoms. The molecule has 0 bridgehead atoms. The van der Waals surface area contributed by atoms with Gasteiger partial charge in [-0.15, -0.1) is 0 Å². The van der Waals surface area contributed by atoms with Crippen LogP contribution in [-0.4, -0.2) is 31.6 Å². The average molecular weight is 240 g/mol. The fourth-order valence-electron chi connectivity index (χ4n) is 1.49. The standard InChI is InChI=1S/C11H16N2O4/c1-12-11(16)13-9(14)7-17-10(15)8-5-3-2-4-6-8/h2-3,8H,4-7H2,1H3,(H2,12,13,14,16)/t8-/m1/s1. The zero-order chi connectivity index (χ0) is 12.7. The van der Waals surface area contributed by atoms with Gasteiger partial charge in [0.05, 0.1) is 5.92 Å². The van der Waals surface area contributed by atoms with E-state index in [1.165, 1.54) is 7.05 Å². The molecule has 0 aromatic carbocycles. The highest BCUT2D eigenvalue weighted by Gasteiger charge is 2.21. The molecule has 0 unspecified atom stereocenters. The van der Waals surface area contributed by atoms with Crippen LogP contribution in [-0.2, 0) is 14.3 Å². The van der Waals surface area contributed by atoms with E-state index in [1.54, 1.807) is 0 Å². The first-order valence-corrected chi connectivity index (χ1v) is 5.46. The van der Waals surface area contributed by atoms with E-state index in [0.29, 0.717) is 6.42 Å². The second-order valence-electron chi connectivity index (χ2n) is 3.72. The summed E-state index contributed by atoms with van der Waals surface area (Å²) in [6.07, 6.45) is 6.19. The largest absolute Gasteiger partial charge is 0.455 e. The van der Waals surface area contributed by atoms with Crippen molar-refractivity contribution in [2.75, 3.05) is 13.7 Å². The number of rotatable bonds is 3. The monoisotopic (exact) mass is 240 g/mol. The first-order valence-electron chi connectivity index (χ1n) is 5.46. The number of nitrogens with one attached hydrogen (secondary N) is 2. The molecule has 0 saturated heterocycles. The number of ether oxygens (including phenoxy) is 1. The van der Waals surface area contributed by atoms with Crippen molar-refractivity contribution in [1.82, 2.24) is 10.6 Å². The smallest absolute Gasteiger partial charge is 0.321 e. The minimum Gasteiger partial charge on any atom is -0.455 e. The SMILES string of the molecule is CNC(=O)NC(=O)COC(=O)[C@@H]1CC=CCC1. The van der Waals surface area contributed by atoms with Crippen LogP contribution >= 0.6 is 0 Å². The van der Waals surface area contributed by atoms with Gasteiger partial charge < -0.3 is 10.1 Å². The molecule has 1 aliphatic rings. The van der Waals surface area contributed by atoms with E-state index < -0.39 is 18.5 Å². The zero-order valence-corrected chi connectivity index (χ0v) is 9.69. The minimum absolute atomic E-state index is 0.173. The highest BCUT2D eigenvalue weighted by atomic mass is 16.5. The van der Waals surface area contributed by atoms with Gasteiger partial charge in [0.1, 0.15) is 0 Å². The Morgan fingerprint density at radius 1 is 1.35 bits per heavy atom. The molecule has 0 heterocycles. The normalized spacial score (nSPS) is 18.3. The average Bonchev–Trinajstić information content (AvgIpc) is 2.36. The molecule has 3 amide bonds. The Morgan fingerprint density at radius 2 is 2.12 bits per heavy atom. The Labute approximate surface area is 99.4 Å². The van der Waals surface area contributed by atoms with Crippen molar-refractivity contribution in [3.8, 4) is 0 Å². The molecule has 0 fully saturated rings. The van der Waals surface area contributed by atoms with Crippen LogP contribution in [0.4, 0.5) is 4.79 Å². The Hall–Kier alpha value is -1.85. The van der Waals surface area contributed by atoms with Crippen LogP contribution in [0.5, 0.6) is 0 Å². The molecule has 1 aliphatic carbocycles. The molecule has 0 aromatic rings. The van der Waals surface area contributed by atoms with Crippen LogP contribution in [0.1, 0.15) is 19.3 Å². The van der Waals surface area contributed by atoms with Gasteiger partial charge in [-0.05, 0) is 19.3 Å². The Bertz CT molecular complexity index is 338. The van der Waals surface area contributed by atoms with Gasteiger partial charge in [-0.3, -0.25) is 14.9 Å². The number of esters is 1. The van der Waals surface area contributed by atoms with E-state index in [4.69, 9.17) is 4.74 Å². The Kier molecular flexibility index (Phi) is 5.19. The maximum atomic E-state index is 11.5. The van der Waals surface area contributed by atoms with E-state index >= 15 is 0 Å². The van der Waals surface area contributed by atoms with Crippen LogP contribution in [0.15, 0.2) is 12.2 Å². The summed E-state index contributed by atoms with van der Waals surface area (Å²) in [5.41, 5.74) is 0. The summed E-state index contributed by atoms with van der Waals surface area (Å²) in [5.74, 6) is -1.20.